The van der Waals surface area contributed by atoms with Gasteiger partial charge < -0.3 is 4.90 Å². The standard InChI is InChI=1S/C15H17NO2/c1-9(2)10(3)13-14(17)11-7-5-6-8-12(11)16(4)15(13)18/h5-8,10,13H,1H2,2-4H3/t10-,13+/m1/s1. The van der Waals surface area contributed by atoms with Gasteiger partial charge in [-0.2, -0.15) is 0 Å². The number of hydrogen-bond donors (Lipinski definition) is 0. The van der Waals surface area contributed by atoms with Crippen LogP contribution in [0.3, 0.4) is 0 Å². The molecule has 0 radical (unpaired) electrons. The van der Waals surface area contributed by atoms with E-state index in [1.807, 2.05) is 26.0 Å². The number of benzene rings is 1. The van der Waals surface area contributed by atoms with Crippen molar-refractivity contribution >= 4 is 17.4 Å². The van der Waals surface area contributed by atoms with Gasteiger partial charge in [0, 0.05) is 12.6 Å². The van der Waals surface area contributed by atoms with E-state index >= 15 is 0 Å². The molecule has 1 heterocycles. The lowest BCUT2D eigenvalue weighted by Crippen LogP contribution is -2.45. The summed E-state index contributed by atoms with van der Waals surface area (Å²) in [5.74, 6) is -1.01. The molecule has 0 spiro atoms. The Kier molecular flexibility index (Phi) is 3.07. The molecule has 0 saturated heterocycles. The Morgan fingerprint density at radius 1 is 1.33 bits per heavy atom. The van der Waals surface area contributed by atoms with Crippen molar-refractivity contribution in [2.24, 2.45) is 11.8 Å². The molecule has 2 rings (SSSR count). The number of hydrogen-bond acceptors (Lipinski definition) is 2. The number of nitrogens with zero attached hydrogens (tertiary/aromatic N) is 1. The molecule has 0 bridgehead atoms. The molecule has 1 aromatic carbocycles. The minimum absolute atomic E-state index is 0.0933. The highest BCUT2D eigenvalue weighted by Gasteiger charge is 2.40. The number of anilines is 1. The van der Waals surface area contributed by atoms with Crippen molar-refractivity contribution in [2.45, 2.75) is 13.8 Å². The fourth-order valence-electron chi connectivity index (χ4n) is 2.31. The molecule has 0 saturated carbocycles. The van der Waals surface area contributed by atoms with E-state index in [0.29, 0.717) is 11.3 Å². The fraction of sp³-hybridized carbons (Fsp3) is 0.333. The van der Waals surface area contributed by atoms with Crippen molar-refractivity contribution in [1.29, 1.82) is 0 Å². The van der Waals surface area contributed by atoms with Crippen LogP contribution < -0.4 is 4.90 Å². The molecule has 1 aliphatic heterocycles. The Balaban J connectivity index is 2.52. The first-order chi connectivity index (χ1) is 8.45. The number of carbonyl (C=O) groups excluding carboxylic acids is 2. The maximum absolute atomic E-state index is 12.4. The van der Waals surface area contributed by atoms with Gasteiger partial charge >= 0.3 is 0 Å². The van der Waals surface area contributed by atoms with E-state index in [4.69, 9.17) is 0 Å². The smallest absolute Gasteiger partial charge is 0.238 e. The normalized spacial score (nSPS) is 20.6. The van der Waals surface area contributed by atoms with Gasteiger partial charge in [0.25, 0.3) is 0 Å². The molecule has 0 aliphatic carbocycles. The second-order valence-corrected chi connectivity index (χ2v) is 4.89. The summed E-state index contributed by atoms with van der Waals surface area (Å²) in [6.07, 6.45) is 0. The van der Waals surface area contributed by atoms with Gasteiger partial charge in [-0.1, -0.05) is 31.2 Å². The first kappa shape index (κ1) is 12.6. The zero-order valence-electron chi connectivity index (χ0n) is 10.9. The van der Waals surface area contributed by atoms with Crippen LogP contribution in [0.2, 0.25) is 0 Å². The van der Waals surface area contributed by atoms with Gasteiger partial charge in [-0.05, 0) is 25.0 Å². The maximum atomic E-state index is 12.4. The number of Topliss-reactive ketones (excluding diaryl/α,β-unsaturated/α-hetero) is 1. The maximum Gasteiger partial charge on any atom is 0.238 e. The van der Waals surface area contributed by atoms with E-state index in [-0.39, 0.29) is 17.6 Å². The molecule has 94 valence electrons. The van der Waals surface area contributed by atoms with E-state index in [1.165, 1.54) is 0 Å². The predicted octanol–water partition coefficient (Wildman–Crippen LogP) is 2.67. The third-order valence-electron chi connectivity index (χ3n) is 3.69. The second-order valence-electron chi connectivity index (χ2n) is 4.89. The van der Waals surface area contributed by atoms with Gasteiger partial charge in [0.05, 0.1) is 5.69 Å². The van der Waals surface area contributed by atoms with Crippen molar-refractivity contribution in [3.63, 3.8) is 0 Å². The van der Waals surface area contributed by atoms with Crippen LogP contribution in [0.15, 0.2) is 36.4 Å². The van der Waals surface area contributed by atoms with Crippen LogP contribution >= 0.6 is 0 Å². The third kappa shape index (κ3) is 1.76. The van der Waals surface area contributed by atoms with Crippen LogP contribution in [0.5, 0.6) is 0 Å². The molecule has 0 aromatic heterocycles. The Labute approximate surface area is 107 Å². The van der Waals surface area contributed by atoms with Crippen molar-refractivity contribution < 1.29 is 9.59 Å². The summed E-state index contributed by atoms with van der Waals surface area (Å²) < 4.78 is 0. The minimum atomic E-state index is -0.637. The Bertz CT molecular complexity index is 533. The van der Waals surface area contributed by atoms with Crippen LogP contribution in [-0.4, -0.2) is 18.7 Å². The highest BCUT2D eigenvalue weighted by Crippen LogP contribution is 2.34. The van der Waals surface area contributed by atoms with E-state index in [9.17, 15) is 9.59 Å². The molecule has 2 atom stereocenters. The van der Waals surface area contributed by atoms with Crippen LogP contribution in [0, 0.1) is 11.8 Å². The SMILES string of the molecule is C=C(C)[C@@H](C)[C@H]1C(=O)c2ccccc2N(C)C1=O. The molecule has 18 heavy (non-hydrogen) atoms. The first-order valence-electron chi connectivity index (χ1n) is 6.01. The van der Waals surface area contributed by atoms with Crippen molar-refractivity contribution in [1.82, 2.24) is 0 Å². The minimum Gasteiger partial charge on any atom is -0.314 e. The Morgan fingerprint density at radius 2 is 1.94 bits per heavy atom. The number of allylic oxidation sites excluding steroid dienone is 1. The molecular weight excluding hydrogens is 226 g/mol. The monoisotopic (exact) mass is 243 g/mol. The van der Waals surface area contributed by atoms with E-state index in [1.54, 1.807) is 24.1 Å². The summed E-state index contributed by atoms with van der Waals surface area (Å²) in [6.45, 7) is 7.59. The van der Waals surface area contributed by atoms with Crippen molar-refractivity contribution in [3.8, 4) is 0 Å². The van der Waals surface area contributed by atoms with Crippen LogP contribution in [0.4, 0.5) is 5.69 Å². The highest BCUT2D eigenvalue weighted by atomic mass is 16.2. The lowest BCUT2D eigenvalue weighted by molar-refractivity contribution is -0.121. The summed E-state index contributed by atoms with van der Waals surface area (Å²) in [5.41, 5.74) is 2.17. The van der Waals surface area contributed by atoms with Crippen LogP contribution in [-0.2, 0) is 4.79 Å². The largest absolute Gasteiger partial charge is 0.314 e. The van der Waals surface area contributed by atoms with Gasteiger partial charge in [-0.15, -0.1) is 0 Å². The van der Waals surface area contributed by atoms with Crippen LogP contribution in [0.25, 0.3) is 0 Å². The molecule has 1 aliphatic rings. The number of carbonyl (C=O) groups is 2. The quantitative estimate of drug-likeness (QED) is 0.591. The molecule has 0 N–H and O–H groups in total. The van der Waals surface area contributed by atoms with E-state index in [0.717, 1.165) is 5.57 Å². The summed E-state index contributed by atoms with van der Waals surface area (Å²) >= 11 is 0. The van der Waals surface area contributed by atoms with E-state index < -0.39 is 5.92 Å². The summed E-state index contributed by atoms with van der Waals surface area (Å²) in [7, 11) is 1.71. The number of para-hydroxylation sites is 1. The first-order valence-corrected chi connectivity index (χ1v) is 6.01. The van der Waals surface area contributed by atoms with Crippen molar-refractivity contribution in [3.05, 3.63) is 42.0 Å². The lowest BCUT2D eigenvalue weighted by Gasteiger charge is -2.33. The molecular formula is C15H17NO2. The predicted molar refractivity (Wildman–Crippen MR) is 71.7 cm³/mol. The van der Waals surface area contributed by atoms with Crippen molar-refractivity contribution in [2.75, 3.05) is 11.9 Å². The molecule has 3 nitrogen and oxygen atoms in total. The molecule has 0 fully saturated rings. The summed E-state index contributed by atoms with van der Waals surface area (Å²) in [5, 5.41) is 0. The zero-order valence-corrected chi connectivity index (χ0v) is 10.9. The molecule has 1 amide bonds. The van der Waals surface area contributed by atoms with Gasteiger partial charge in [-0.25, -0.2) is 0 Å². The van der Waals surface area contributed by atoms with Gasteiger partial charge in [0.2, 0.25) is 5.91 Å². The average Bonchev–Trinajstić information content (AvgIpc) is 2.36. The van der Waals surface area contributed by atoms with Gasteiger partial charge in [0.15, 0.2) is 5.78 Å². The van der Waals surface area contributed by atoms with Gasteiger partial charge in [0.1, 0.15) is 5.92 Å². The average molecular weight is 243 g/mol. The Morgan fingerprint density at radius 3 is 2.56 bits per heavy atom. The lowest BCUT2D eigenvalue weighted by atomic mass is 9.79. The van der Waals surface area contributed by atoms with Crippen LogP contribution in [0.1, 0.15) is 24.2 Å². The zero-order chi connectivity index (χ0) is 13.4. The topological polar surface area (TPSA) is 37.4 Å². The number of rotatable bonds is 2. The summed E-state index contributed by atoms with van der Waals surface area (Å²) in [6, 6.07) is 7.23. The number of fused-ring (bicyclic) bond motifs is 1. The Hall–Kier alpha value is -1.90. The van der Waals surface area contributed by atoms with Gasteiger partial charge in [-0.3, -0.25) is 9.59 Å². The second kappa shape index (κ2) is 4.41. The summed E-state index contributed by atoms with van der Waals surface area (Å²) in [4.78, 5) is 26.3. The van der Waals surface area contributed by atoms with E-state index in [2.05, 4.69) is 6.58 Å². The fourth-order valence-corrected chi connectivity index (χ4v) is 2.31. The third-order valence-corrected chi connectivity index (χ3v) is 3.69. The highest BCUT2D eigenvalue weighted by molar-refractivity contribution is 6.21. The number of ketones is 1. The molecule has 0 unspecified atom stereocenters. The number of amides is 1. The molecule has 1 aromatic rings. The molecule has 3 heteroatoms.